The summed E-state index contributed by atoms with van der Waals surface area (Å²) in [4.78, 5) is 3.93. The van der Waals surface area contributed by atoms with Crippen molar-refractivity contribution < 1.29 is 4.74 Å². The van der Waals surface area contributed by atoms with Gasteiger partial charge in [-0.05, 0) is 42.7 Å². The number of nitrogens with zero attached hydrogens (tertiary/aromatic N) is 3. The van der Waals surface area contributed by atoms with Crippen LogP contribution in [0.5, 0.6) is 11.5 Å². The first kappa shape index (κ1) is 15.4. The highest BCUT2D eigenvalue weighted by molar-refractivity contribution is 8.02. The van der Waals surface area contributed by atoms with Gasteiger partial charge in [0, 0.05) is 18.1 Å². The molecule has 0 fully saturated rings. The first-order valence-corrected chi connectivity index (χ1v) is 7.52. The molecule has 1 N–H and O–H groups in total. The monoisotopic (exact) mass is 308 g/mol. The van der Waals surface area contributed by atoms with Crippen molar-refractivity contribution in [2.24, 2.45) is 0 Å². The summed E-state index contributed by atoms with van der Waals surface area (Å²) in [6, 6.07) is 14.5. The van der Waals surface area contributed by atoms with Crippen molar-refractivity contribution in [3.05, 3.63) is 59.4 Å². The number of nitrogens with one attached hydrogen (secondary N) is 1. The normalized spacial score (nSPS) is 9.23. The average Bonchev–Trinajstić information content (AvgIpc) is 2.57. The lowest BCUT2D eigenvalue weighted by Crippen LogP contribution is -1.98. The quantitative estimate of drug-likeness (QED) is 0.843. The van der Waals surface area contributed by atoms with E-state index in [0.717, 1.165) is 5.69 Å². The summed E-state index contributed by atoms with van der Waals surface area (Å²) in [5.74, 6) is 1.39. The molecular formula is C16H12N4OS. The number of pyridine rings is 1. The van der Waals surface area contributed by atoms with Crippen LogP contribution in [0.25, 0.3) is 0 Å². The van der Waals surface area contributed by atoms with E-state index in [1.807, 2.05) is 24.3 Å². The van der Waals surface area contributed by atoms with Crippen LogP contribution in [-0.4, -0.2) is 11.2 Å². The Bertz CT molecular complexity index is 726. The molecule has 0 saturated heterocycles. The van der Waals surface area contributed by atoms with Crippen molar-refractivity contribution in [3.63, 3.8) is 0 Å². The van der Waals surface area contributed by atoms with Crippen LogP contribution in [0.2, 0.25) is 0 Å². The fourth-order valence-electron chi connectivity index (χ4n) is 1.62. The Hall–Kier alpha value is -2.96. The van der Waals surface area contributed by atoms with Crippen LogP contribution < -0.4 is 10.1 Å². The highest BCUT2D eigenvalue weighted by Gasteiger charge is 2.06. The number of allylic oxidation sites excluding steroid dienone is 1. The summed E-state index contributed by atoms with van der Waals surface area (Å²) >= 11 is 1.31. The third-order valence-corrected chi connectivity index (χ3v) is 3.37. The van der Waals surface area contributed by atoms with Crippen molar-refractivity contribution in [1.82, 2.24) is 4.98 Å². The highest BCUT2D eigenvalue weighted by Crippen LogP contribution is 2.25. The molecule has 1 heterocycles. The smallest absolute Gasteiger partial charge is 0.159 e. The Kier molecular flexibility index (Phi) is 5.42. The second-order valence-electron chi connectivity index (χ2n) is 4.07. The zero-order valence-corrected chi connectivity index (χ0v) is 12.6. The molecule has 0 bridgehead atoms. The maximum Gasteiger partial charge on any atom is 0.159 e. The molecule has 0 spiro atoms. The Morgan fingerprint density at radius 3 is 2.18 bits per heavy atom. The molecular weight excluding hydrogens is 296 g/mol. The van der Waals surface area contributed by atoms with E-state index < -0.39 is 0 Å². The molecule has 0 aliphatic heterocycles. The van der Waals surface area contributed by atoms with Gasteiger partial charge >= 0.3 is 0 Å². The number of hydrogen-bond donors (Lipinski definition) is 1. The van der Waals surface area contributed by atoms with Gasteiger partial charge in [-0.1, -0.05) is 0 Å². The fraction of sp³-hybridized carbons (Fsp3) is 0.0625. The Labute approximate surface area is 132 Å². The minimum atomic E-state index is 0.0598. The zero-order valence-electron chi connectivity index (χ0n) is 11.8. The Morgan fingerprint density at radius 1 is 1.05 bits per heavy atom. The number of ether oxygens (including phenoxy) is 1. The first-order chi connectivity index (χ1) is 10.8. The van der Waals surface area contributed by atoms with Crippen LogP contribution >= 0.6 is 11.8 Å². The molecule has 1 aromatic heterocycles. The third-order valence-electron chi connectivity index (χ3n) is 2.65. The maximum absolute atomic E-state index is 8.90. The summed E-state index contributed by atoms with van der Waals surface area (Å²) < 4.78 is 5.66. The zero-order chi connectivity index (χ0) is 15.8. The van der Waals surface area contributed by atoms with Gasteiger partial charge in [0.1, 0.15) is 28.7 Å². The molecule has 0 unspecified atom stereocenters. The summed E-state index contributed by atoms with van der Waals surface area (Å²) in [5, 5.41) is 21.4. The van der Waals surface area contributed by atoms with E-state index in [2.05, 4.69) is 10.3 Å². The highest BCUT2D eigenvalue weighted by atomic mass is 32.2. The molecule has 1 aromatic carbocycles. The summed E-state index contributed by atoms with van der Waals surface area (Å²) in [6.07, 6.45) is 5.12. The van der Waals surface area contributed by atoms with Crippen molar-refractivity contribution in [2.75, 3.05) is 11.6 Å². The van der Waals surface area contributed by atoms with Crippen molar-refractivity contribution in [2.45, 2.75) is 0 Å². The van der Waals surface area contributed by atoms with Crippen LogP contribution in [0.3, 0.4) is 0 Å². The average molecular weight is 308 g/mol. The Balaban J connectivity index is 2.11. The third kappa shape index (κ3) is 4.02. The molecule has 0 amide bonds. The lowest BCUT2D eigenvalue weighted by molar-refractivity contribution is 0.482. The SMILES string of the molecule is CSC(Nc1ccc(Oc2ccncc2)cc1)=C(C#N)C#N. The van der Waals surface area contributed by atoms with E-state index >= 15 is 0 Å². The lowest BCUT2D eigenvalue weighted by atomic mass is 10.3. The van der Waals surface area contributed by atoms with Gasteiger partial charge in [0.05, 0.1) is 0 Å². The minimum Gasteiger partial charge on any atom is -0.457 e. The molecule has 0 saturated carbocycles. The number of aromatic nitrogens is 1. The molecule has 0 atom stereocenters. The summed E-state index contributed by atoms with van der Waals surface area (Å²) in [6.45, 7) is 0. The van der Waals surface area contributed by atoms with E-state index in [1.54, 1.807) is 42.9 Å². The maximum atomic E-state index is 8.90. The topological polar surface area (TPSA) is 81.7 Å². The van der Waals surface area contributed by atoms with Gasteiger partial charge in [-0.3, -0.25) is 4.98 Å². The van der Waals surface area contributed by atoms with E-state index in [0.29, 0.717) is 16.5 Å². The number of rotatable bonds is 5. The number of benzene rings is 1. The van der Waals surface area contributed by atoms with Gasteiger partial charge in [0.15, 0.2) is 5.57 Å². The van der Waals surface area contributed by atoms with E-state index in [4.69, 9.17) is 15.3 Å². The Morgan fingerprint density at radius 2 is 1.64 bits per heavy atom. The predicted molar refractivity (Wildman–Crippen MR) is 86.1 cm³/mol. The minimum absolute atomic E-state index is 0.0598. The van der Waals surface area contributed by atoms with Gasteiger partial charge in [0.2, 0.25) is 0 Å². The number of anilines is 1. The van der Waals surface area contributed by atoms with Gasteiger partial charge in [-0.15, -0.1) is 11.8 Å². The van der Waals surface area contributed by atoms with Crippen LogP contribution in [0.4, 0.5) is 5.69 Å². The van der Waals surface area contributed by atoms with Crippen LogP contribution in [-0.2, 0) is 0 Å². The standard InChI is InChI=1S/C16H12N4OS/c1-22-16(12(10-17)11-18)20-13-2-4-14(5-3-13)21-15-6-8-19-9-7-15/h2-9,20H,1H3. The lowest BCUT2D eigenvalue weighted by Gasteiger charge is -2.10. The second-order valence-corrected chi connectivity index (χ2v) is 4.88. The molecule has 22 heavy (non-hydrogen) atoms. The summed E-state index contributed by atoms with van der Waals surface area (Å²) in [5.41, 5.74) is 0.832. The van der Waals surface area contributed by atoms with E-state index in [1.165, 1.54) is 11.8 Å². The molecule has 0 aliphatic rings. The molecule has 108 valence electrons. The number of nitriles is 2. The number of hydrogen-bond acceptors (Lipinski definition) is 6. The second kappa shape index (κ2) is 7.72. The van der Waals surface area contributed by atoms with Crippen molar-refractivity contribution in [1.29, 1.82) is 10.5 Å². The van der Waals surface area contributed by atoms with Crippen LogP contribution in [0, 0.1) is 22.7 Å². The fourth-order valence-corrected chi connectivity index (χ4v) is 2.14. The predicted octanol–water partition coefficient (Wildman–Crippen LogP) is 3.91. The van der Waals surface area contributed by atoms with E-state index in [-0.39, 0.29) is 5.57 Å². The molecule has 2 rings (SSSR count). The van der Waals surface area contributed by atoms with E-state index in [9.17, 15) is 0 Å². The molecule has 6 heteroatoms. The van der Waals surface area contributed by atoms with Crippen LogP contribution in [0.1, 0.15) is 0 Å². The largest absolute Gasteiger partial charge is 0.457 e. The molecule has 0 aliphatic carbocycles. The van der Waals surface area contributed by atoms with Gasteiger partial charge in [-0.25, -0.2) is 0 Å². The molecule has 0 radical (unpaired) electrons. The van der Waals surface area contributed by atoms with Gasteiger partial charge in [-0.2, -0.15) is 10.5 Å². The molecule has 5 nitrogen and oxygen atoms in total. The van der Waals surface area contributed by atoms with Gasteiger partial charge < -0.3 is 10.1 Å². The first-order valence-electron chi connectivity index (χ1n) is 6.30. The number of thioether (sulfide) groups is 1. The van der Waals surface area contributed by atoms with Crippen molar-refractivity contribution >= 4 is 17.4 Å². The van der Waals surface area contributed by atoms with Crippen molar-refractivity contribution in [3.8, 4) is 23.6 Å². The van der Waals surface area contributed by atoms with Gasteiger partial charge in [0.25, 0.3) is 0 Å². The van der Waals surface area contributed by atoms with Crippen LogP contribution in [0.15, 0.2) is 59.4 Å². The molecule has 2 aromatic rings. The summed E-state index contributed by atoms with van der Waals surface area (Å²) in [7, 11) is 0.